The van der Waals surface area contributed by atoms with Crippen LogP contribution in [0.2, 0.25) is 0 Å². The minimum absolute atomic E-state index is 0.00688. The molecule has 1 aliphatic rings. The molecule has 0 unspecified atom stereocenters. The predicted molar refractivity (Wildman–Crippen MR) is 97.2 cm³/mol. The number of carbonyl (C=O) groups is 1. The Balaban J connectivity index is 1.64. The van der Waals surface area contributed by atoms with Gasteiger partial charge in [-0.3, -0.25) is 14.9 Å². The smallest absolute Gasteiger partial charge is 0.269 e. The molecule has 0 radical (unpaired) electrons. The molecule has 0 atom stereocenters. The van der Waals surface area contributed by atoms with E-state index < -0.39 is 4.92 Å². The number of likely N-dealkylation sites (N-methyl/N-ethyl adjacent to an activating group) is 1. The number of anilines is 1. The molecule has 0 fully saturated rings. The first-order valence-electron chi connectivity index (χ1n) is 8.05. The molecule has 1 amide bonds. The van der Waals surface area contributed by atoms with Crippen LogP contribution < -0.4 is 5.32 Å². The third-order valence-corrected chi connectivity index (χ3v) is 4.21. The normalized spacial score (nSPS) is 14.3. The van der Waals surface area contributed by atoms with Gasteiger partial charge in [-0.05, 0) is 48.4 Å². The fraction of sp³-hybridized carbons (Fsp3) is 0.211. The van der Waals surface area contributed by atoms with Gasteiger partial charge in [-0.15, -0.1) is 0 Å². The van der Waals surface area contributed by atoms with Crippen molar-refractivity contribution in [3.63, 3.8) is 0 Å². The van der Waals surface area contributed by atoms with Crippen LogP contribution in [0.4, 0.5) is 11.4 Å². The van der Waals surface area contributed by atoms with Crippen LogP contribution in [-0.2, 0) is 17.8 Å². The number of non-ortho nitro benzene ring substituents is 1. The van der Waals surface area contributed by atoms with Crippen LogP contribution in [0.1, 0.15) is 16.7 Å². The van der Waals surface area contributed by atoms with Gasteiger partial charge in [0.1, 0.15) is 0 Å². The van der Waals surface area contributed by atoms with Gasteiger partial charge < -0.3 is 10.2 Å². The molecule has 0 bridgehead atoms. The highest BCUT2D eigenvalue weighted by Gasteiger charge is 2.12. The number of hydrogen-bond acceptors (Lipinski definition) is 4. The molecule has 3 rings (SSSR count). The van der Waals surface area contributed by atoms with Gasteiger partial charge in [0.25, 0.3) is 5.69 Å². The zero-order chi connectivity index (χ0) is 17.8. The largest absolute Gasteiger partial charge is 0.323 e. The number of carbonyl (C=O) groups excluding carboxylic acids is 1. The number of rotatable bonds is 4. The lowest BCUT2D eigenvalue weighted by Crippen LogP contribution is -2.26. The van der Waals surface area contributed by atoms with E-state index >= 15 is 0 Å². The molecule has 0 saturated carbocycles. The minimum Gasteiger partial charge on any atom is -0.323 e. The lowest BCUT2D eigenvalue weighted by atomic mass is 9.97. The molecule has 2 aromatic rings. The van der Waals surface area contributed by atoms with Crippen molar-refractivity contribution in [2.75, 3.05) is 18.9 Å². The molecule has 6 heteroatoms. The van der Waals surface area contributed by atoms with Crippen LogP contribution in [0.5, 0.6) is 0 Å². The second kappa shape index (κ2) is 7.27. The first kappa shape index (κ1) is 16.9. The van der Waals surface area contributed by atoms with Crippen molar-refractivity contribution in [3.8, 4) is 0 Å². The SMILES string of the molecule is CN1CCc2ccc(C=CC(=O)Nc3ccc([N+](=O)[O-])cc3)cc2C1. The first-order chi connectivity index (χ1) is 12.0. The maximum absolute atomic E-state index is 12.0. The molecule has 1 N–H and O–H groups in total. The molecular weight excluding hydrogens is 318 g/mol. The summed E-state index contributed by atoms with van der Waals surface area (Å²) in [4.78, 5) is 24.4. The van der Waals surface area contributed by atoms with Gasteiger partial charge in [-0.1, -0.05) is 18.2 Å². The monoisotopic (exact) mass is 337 g/mol. The highest BCUT2D eigenvalue weighted by Crippen LogP contribution is 2.20. The van der Waals surface area contributed by atoms with Crippen molar-refractivity contribution in [3.05, 3.63) is 75.3 Å². The number of fused-ring (bicyclic) bond motifs is 1. The van der Waals surface area contributed by atoms with Gasteiger partial charge in [0.05, 0.1) is 4.92 Å². The molecule has 128 valence electrons. The summed E-state index contributed by atoms with van der Waals surface area (Å²) in [6.45, 7) is 1.99. The van der Waals surface area contributed by atoms with Gasteiger partial charge in [0, 0.05) is 37.0 Å². The van der Waals surface area contributed by atoms with Gasteiger partial charge in [-0.25, -0.2) is 0 Å². The third kappa shape index (κ3) is 4.30. The zero-order valence-electron chi connectivity index (χ0n) is 13.9. The Hall–Kier alpha value is -2.99. The lowest BCUT2D eigenvalue weighted by Gasteiger charge is -2.25. The Bertz CT molecular complexity index is 828. The van der Waals surface area contributed by atoms with E-state index in [4.69, 9.17) is 0 Å². The maximum Gasteiger partial charge on any atom is 0.269 e. The van der Waals surface area contributed by atoms with Gasteiger partial charge in [-0.2, -0.15) is 0 Å². The topological polar surface area (TPSA) is 75.5 Å². The Morgan fingerprint density at radius 2 is 1.96 bits per heavy atom. The zero-order valence-corrected chi connectivity index (χ0v) is 13.9. The summed E-state index contributed by atoms with van der Waals surface area (Å²) in [6, 6.07) is 12.0. The van der Waals surface area contributed by atoms with E-state index in [1.165, 1.54) is 41.5 Å². The molecule has 0 saturated heterocycles. The van der Waals surface area contributed by atoms with Crippen LogP contribution in [0, 0.1) is 10.1 Å². The van der Waals surface area contributed by atoms with Crippen LogP contribution in [0.15, 0.2) is 48.5 Å². The summed E-state index contributed by atoms with van der Waals surface area (Å²) in [6.07, 6.45) is 4.29. The number of nitrogens with one attached hydrogen (secondary N) is 1. The van der Waals surface area contributed by atoms with Crippen molar-refractivity contribution < 1.29 is 9.72 Å². The van der Waals surface area contributed by atoms with E-state index in [2.05, 4.69) is 29.4 Å². The summed E-state index contributed by atoms with van der Waals surface area (Å²) in [5, 5.41) is 13.3. The van der Waals surface area contributed by atoms with Crippen molar-refractivity contribution in [2.24, 2.45) is 0 Å². The van der Waals surface area contributed by atoms with E-state index in [1.54, 1.807) is 6.08 Å². The Morgan fingerprint density at radius 1 is 1.20 bits per heavy atom. The van der Waals surface area contributed by atoms with Crippen LogP contribution in [0.25, 0.3) is 6.08 Å². The fourth-order valence-electron chi connectivity index (χ4n) is 2.84. The number of amides is 1. The quantitative estimate of drug-likeness (QED) is 0.528. The van der Waals surface area contributed by atoms with Crippen LogP contribution >= 0.6 is 0 Å². The third-order valence-electron chi connectivity index (χ3n) is 4.21. The number of benzene rings is 2. The van der Waals surface area contributed by atoms with E-state index in [1.807, 2.05) is 6.07 Å². The van der Waals surface area contributed by atoms with Crippen molar-refractivity contribution >= 4 is 23.4 Å². The Kier molecular flexibility index (Phi) is 4.90. The molecule has 6 nitrogen and oxygen atoms in total. The highest BCUT2D eigenvalue weighted by molar-refractivity contribution is 6.01. The molecule has 25 heavy (non-hydrogen) atoms. The molecule has 1 heterocycles. The van der Waals surface area contributed by atoms with E-state index in [0.717, 1.165) is 25.1 Å². The summed E-state index contributed by atoms with van der Waals surface area (Å²) < 4.78 is 0. The summed E-state index contributed by atoms with van der Waals surface area (Å²) in [5.74, 6) is -0.274. The Labute approximate surface area is 145 Å². The van der Waals surface area contributed by atoms with Crippen molar-refractivity contribution in [1.29, 1.82) is 0 Å². The number of nitro benzene ring substituents is 1. The molecule has 2 aromatic carbocycles. The number of nitro groups is 1. The average Bonchev–Trinajstić information content (AvgIpc) is 2.60. The highest BCUT2D eigenvalue weighted by atomic mass is 16.6. The summed E-state index contributed by atoms with van der Waals surface area (Å²) >= 11 is 0. The minimum atomic E-state index is -0.473. The van der Waals surface area contributed by atoms with Gasteiger partial charge in [0.2, 0.25) is 5.91 Å². The molecule has 0 aliphatic carbocycles. The average molecular weight is 337 g/mol. The standard InChI is InChI=1S/C19H19N3O3/c1-21-11-10-15-4-2-14(12-16(15)13-21)3-9-19(23)20-17-5-7-18(8-6-17)22(24)25/h2-9,12H,10-11,13H2,1H3,(H,20,23). The second-order valence-electron chi connectivity index (χ2n) is 6.14. The van der Waals surface area contributed by atoms with Crippen LogP contribution in [-0.4, -0.2) is 29.3 Å². The lowest BCUT2D eigenvalue weighted by molar-refractivity contribution is -0.384. The molecule has 0 spiro atoms. The van der Waals surface area contributed by atoms with Crippen molar-refractivity contribution in [1.82, 2.24) is 4.90 Å². The first-order valence-corrected chi connectivity index (χ1v) is 8.05. The van der Waals surface area contributed by atoms with E-state index in [0.29, 0.717) is 5.69 Å². The van der Waals surface area contributed by atoms with Gasteiger partial charge >= 0.3 is 0 Å². The van der Waals surface area contributed by atoms with Crippen molar-refractivity contribution in [2.45, 2.75) is 13.0 Å². The number of nitrogens with zero attached hydrogens (tertiary/aromatic N) is 2. The second-order valence-corrected chi connectivity index (χ2v) is 6.14. The van der Waals surface area contributed by atoms with Gasteiger partial charge in [0.15, 0.2) is 0 Å². The summed E-state index contributed by atoms with van der Waals surface area (Å²) in [5.41, 5.74) is 4.16. The molecule has 1 aliphatic heterocycles. The maximum atomic E-state index is 12.0. The van der Waals surface area contributed by atoms with E-state index in [9.17, 15) is 14.9 Å². The molecule has 0 aromatic heterocycles. The van der Waals surface area contributed by atoms with Crippen LogP contribution in [0.3, 0.4) is 0 Å². The summed E-state index contributed by atoms with van der Waals surface area (Å²) in [7, 11) is 2.10. The molecular formula is C19H19N3O3. The number of hydrogen-bond donors (Lipinski definition) is 1. The van der Waals surface area contributed by atoms with E-state index in [-0.39, 0.29) is 11.6 Å². The fourth-order valence-corrected chi connectivity index (χ4v) is 2.84. The predicted octanol–water partition coefficient (Wildman–Crippen LogP) is 3.23. The Morgan fingerprint density at radius 3 is 2.68 bits per heavy atom.